The molecular weight excluding hydrogens is 558 g/mol. The summed E-state index contributed by atoms with van der Waals surface area (Å²) in [5, 5.41) is 9.67. The maximum Gasteiger partial charge on any atom is 0.493 e. The van der Waals surface area contributed by atoms with Gasteiger partial charge in [0, 0.05) is 49.0 Å². The van der Waals surface area contributed by atoms with E-state index >= 15 is 0 Å². The summed E-state index contributed by atoms with van der Waals surface area (Å²) >= 11 is 0. The normalized spacial score (nSPS) is 19.3. The third-order valence-corrected chi connectivity index (χ3v) is 7.90. The lowest BCUT2D eigenvalue weighted by Gasteiger charge is -2.41. The number of aliphatic hydroxyl groups is 1. The number of halogens is 4. The summed E-state index contributed by atoms with van der Waals surface area (Å²) < 4.78 is 53.9. The van der Waals surface area contributed by atoms with Crippen molar-refractivity contribution in [3.8, 4) is 0 Å². The predicted octanol–water partition coefficient (Wildman–Crippen LogP) is 4.75. The highest BCUT2D eigenvalue weighted by molar-refractivity contribution is 5.98. The summed E-state index contributed by atoms with van der Waals surface area (Å²) in [4.78, 5) is 47.0. The van der Waals surface area contributed by atoms with Crippen LogP contribution in [0.1, 0.15) is 71.3 Å². The van der Waals surface area contributed by atoms with Crippen molar-refractivity contribution in [2.45, 2.75) is 57.3 Å². The Labute approximate surface area is 241 Å². The van der Waals surface area contributed by atoms with Gasteiger partial charge in [-0.3, -0.25) is 14.5 Å². The number of benzene rings is 2. The fourth-order valence-electron chi connectivity index (χ4n) is 5.71. The molecule has 2 aliphatic heterocycles. The van der Waals surface area contributed by atoms with Crippen molar-refractivity contribution in [2.24, 2.45) is 5.92 Å². The Morgan fingerprint density at radius 2 is 1.64 bits per heavy atom. The smallest absolute Gasteiger partial charge is 0.396 e. The maximum atomic E-state index is 14.6. The van der Waals surface area contributed by atoms with Crippen LogP contribution in [-0.2, 0) is 9.63 Å². The van der Waals surface area contributed by atoms with Crippen molar-refractivity contribution in [1.82, 2.24) is 14.9 Å². The monoisotopic (exact) mass is 593 g/mol. The van der Waals surface area contributed by atoms with Crippen LogP contribution in [0.25, 0.3) is 0 Å². The maximum absolute atomic E-state index is 14.6. The number of carbonyl (C=O) groups is 3. The molecule has 8 nitrogen and oxygen atoms in total. The number of carbonyl (C=O) groups excluding carboxylic acids is 3. The van der Waals surface area contributed by atoms with Crippen LogP contribution in [0.2, 0.25) is 0 Å². The molecule has 12 heteroatoms. The van der Waals surface area contributed by atoms with E-state index < -0.39 is 42.9 Å². The van der Waals surface area contributed by atoms with E-state index in [-0.39, 0.29) is 27.7 Å². The van der Waals surface area contributed by atoms with Crippen molar-refractivity contribution < 1.29 is 41.9 Å². The number of hydroxylamine groups is 2. The Kier molecular flexibility index (Phi) is 10.2. The summed E-state index contributed by atoms with van der Waals surface area (Å²) in [5.74, 6) is -4.28. The van der Waals surface area contributed by atoms with Crippen LogP contribution < -0.4 is 0 Å². The lowest BCUT2D eigenvalue weighted by atomic mass is 9.95. The minimum atomic E-state index is -5.44. The quantitative estimate of drug-likeness (QED) is 0.368. The van der Waals surface area contributed by atoms with Gasteiger partial charge < -0.3 is 14.8 Å². The molecule has 4 rings (SSSR count). The van der Waals surface area contributed by atoms with Gasteiger partial charge >= 0.3 is 12.1 Å². The first kappa shape index (κ1) is 31.4. The zero-order valence-corrected chi connectivity index (χ0v) is 23.4. The molecule has 0 spiro atoms. The number of amides is 2. The second-order valence-electron chi connectivity index (χ2n) is 10.9. The molecule has 2 aromatic carbocycles. The number of piperidine rings is 2. The predicted molar refractivity (Wildman–Crippen MR) is 144 cm³/mol. The van der Waals surface area contributed by atoms with Gasteiger partial charge in [-0.2, -0.15) is 18.2 Å². The zero-order chi connectivity index (χ0) is 30.4. The SMILES string of the molecule is C[C@@H]1CCCN(C2CCN(C(=O)c3ccc(C(=O)N(OC(=O)C(F)(F)F)C(CCO)c4ccccc4F)cc3)CC2)C1. The topological polar surface area (TPSA) is 90.4 Å². The first-order valence-electron chi connectivity index (χ1n) is 14.1. The van der Waals surface area contributed by atoms with Crippen molar-refractivity contribution in [2.75, 3.05) is 32.8 Å². The molecule has 0 bridgehead atoms. The Morgan fingerprint density at radius 3 is 2.24 bits per heavy atom. The van der Waals surface area contributed by atoms with Crippen molar-refractivity contribution >= 4 is 17.8 Å². The average molecular weight is 594 g/mol. The van der Waals surface area contributed by atoms with Gasteiger partial charge in [0.1, 0.15) is 11.9 Å². The van der Waals surface area contributed by atoms with E-state index in [2.05, 4.69) is 16.7 Å². The van der Waals surface area contributed by atoms with E-state index in [0.717, 1.165) is 32.0 Å². The van der Waals surface area contributed by atoms with E-state index in [1.54, 1.807) is 4.90 Å². The Hall–Kier alpha value is -3.51. The molecule has 0 aliphatic carbocycles. The largest absolute Gasteiger partial charge is 0.493 e. The molecule has 0 aromatic heterocycles. The molecule has 0 radical (unpaired) electrons. The van der Waals surface area contributed by atoms with Crippen LogP contribution in [0.15, 0.2) is 48.5 Å². The molecule has 0 saturated carbocycles. The van der Waals surface area contributed by atoms with Crippen LogP contribution in [0.4, 0.5) is 17.6 Å². The number of alkyl halides is 3. The molecule has 228 valence electrons. The molecule has 2 fully saturated rings. The number of aliphatic hydroxyl groups excluding tert-OH is 1. The molecule has 2 saturated heterocycles. The molecule has 2 heterocycles. The van der Waals surface area contributed by atoms with Crippen molar-refractivity contribution in [3.63, 3.8) is 0 Å². The number of rotatable bonds is 7. The Bertz CT molecular complexity index is 1250. The van der Waals surface area contributed by atoms with Gasteiger partial charge in [0.2, 0.25) is 0 Å². The van der Waals surface area contributed by atoms with Crippen molar-refractivity contribution in [3.05, 3.63) is 71.0 Å². The van der Waals surface area contributed by atoms with Crippen LogP contribution >= 0.6 is 0 Å². The minimum absolute atomic E-state index is 0.132. The van der Waals surface area contributed by atoms with E-state index in [0.29, 0.717) is 25.0 Å². The van der Waals surface area contributed by atoms with Gasteiger partial charge in [-0.1, -0.05) is 25.1 Å². The van der Waals surface area contributed by atoms with Gasteiger partial charge in [0.25, 0.3) is 11.8 Å². The molecule has 42 heavy (non-hydrogen) atoms. The van der Waals surface area contributed by atoms with E-state index in [1.165, 1.54) is 55.3 Å². The molecular formula is C30H35F4N3O5. The molecule has 2 aromatic rings. The van der Waals surface area contributed by atoms with E-state index in [4.69, 9.17) is 0 Å². The van der Waals surface area contributed by atoms with Crippen LogP contribution in [-0.4, -0.2) is 82.8 Å². The van der Waals surface area contributed by atoms with Gasteiger partial charge in [0.15, 0.2) is 0 Å². The highest BCUT2D eigenvalue weighted by atomic mass is 19.4. The molecule has 2 aliphatic rings. The van der Waals surface area contributed by atoms with Gasteiger partial charge in [-0.05, 0) is 74.9 Å². The van der Waals surface area contributed by atoms with Crippen LogP contribution in [0.3, 0.4) is 0 Å². The van der Waals surface area contributed by atoms with Gasteiger partial charge in [0.05, 0.1) is 0 Å². The minimum Gasteiger partial charge on any atom is -0.396 e. The molecule has 1 unspecified atom stereocenters. The van der Waals surface area contributed by atoms with Gasteiger partial charge in [-0.25, -0.2) is 9.18 Å². The molecule has 1 N–H and O–H groups in total. The molecule has 2 amide bonds. The number of likely N-dealkylation sites (tertiary alicyclic amines) is 2. The van der Waals surface area contributed by atoms with Gasteiger partial charge in [-0.15, -0.1) is 0 Å². The second-order valence-corrected chi connectivity index (χ2v) is 10.9. The first-order valence-corrected chi connectivity index (χ1v) is 14.1. The zero-order valence-electron chi connectivity index (χ0n) is 23.4. The Balaban J connectivity index is 1.49. The molecule has 2 atom stereocenters. The third-order valence-electron chi connectivity index (χ3n) is 7.90. The van der Waals surface area contributed by atoms with Crippen LogP contribution in [0, 0.1) is 11.7 Å². The summed E-state index contributed by atoms with van der Waals surface area (Å²) in [7, 11) is 0. The summed E-state index contributed by atoms with van der Waals surface area (Å²) in [6.07, 6.45) is -1.72. The number of hydrogen-bond donors (Lipinski definition) is 1. The summed E-state index contributed by atoms with van der Waals surface area (Å²) in [5.41, 5.74) is -0.153. The lowest BCUT2D eigenvalue weighted by Crippen LogP contribution is -2.49. The highest BCUT2D eigenvalue weighted by Gasteiger charge is 2.45. The van der Waals surface area contributed by atoms with E-state index in [1.807, 2.05) is 0 Å². The first-order chi connectivity index (χ1) is 20.0. The average Bonchev–Trinajstić information content (AvgIpc) is 2.98. The van der Waals surface area contributed by atoms with Crippen molar-refractivity contribution in [1.29, 1.82) is 0 Å². The van der Waals surface area contributed by atoms with Crippen LogP contribution in [0.5, 0.6) is 0 Å². The highest BCUT2D eigenvalue weighted by Crippen LogP contribution is 2.31. The number of nitrogens with zero attached hydrogens (tertiary/aromatic N) is 3. The lowest BCUT2D eigenvalue weighted by molar-refractivity contribution is -0.235. The summed E-state index contributed by atoms with van der Waals surface area (Å²) in [6, 6.07) is 9.10. The standard InChI is InChI=1S/C30H35F4N3O5/c1-20-5-4-15-36(19-20)23-12-16-35(17-13-23)27(39)21-8-10-22(11-9-21)28(40)37(42-29(41)30(32,33)34)26(14-18-38)24-6-2-3-7-25(24)31/h2-3,6-11,20,23,26,38H,4-5,12-19H2,1H3/t20-,26?/m1/s1. The fourth-order valence-corrected chi connectivity index (χ4v) is 5.71. The van der Waals surface area contributed by atoms with E-state index in [9.17, 15) is 37.1 Å². The summed E-state index contributed by atoms with van der Waals surface area (Å²) in [6.45, 7) is 4.92. The Morgan fingerprint density at radius 1 is 1.00 bits per heavy atom. The second kappa shape index (κ2) is 13.6. The third kappa shape index (κ3) is 7.46. The number of hydrogen-bond acceptors (Lipinski definition) is 6. The fraction of sp³-hybridized carbons (Fsp3) is 0.500.